The molecule has 1 aromatic heterocycles. The Bertz CT molecular complexity index is 331. The molecule has 0 saturated carbocycles. The number of benzene rings is 1. The van der Waals surface area contributed by atoms with Crippen LogP contribution in [0.25, 0.3) is 0 Å². The number of anilines is 2. The molecule has 4 heteroatoms. The van der Waals surface area contributed by atoms with E-state index in [2.05, 4.69) is 15.3 Å². The van der Waals surface area contributed by atoms with Gasteiger partial charge in [-0.25, -0.2) is 4.98 Å². The molecule has 0 fully saturated rings. The van der Waals surface area contributed by atoms with Crippen LogP contribution in [0.15, 0.2) is 42.7 Å². The first-order chi connectivity index (χ1) is 5.95. The van der Waals surface area contributed by atoms with E-state index in [-0.39, 0.29) is 36.9 Å². The normalized spacial score (nSPS) is 8.92. The fourth-order valence-electron chi connectivity index (χ4n) is 0.992. The number of aromatic nitrogens is 2. The van der Waals surface area contributed by atoms with Crippen molar-refractivity contribution in [1.29, 1.82) is 0 Å². The van der Waals surface area contributed by atoms with Crippen molar-refractivity contribution in [1.82, 2.24) is 9.97 Å². The smallest absolute Gasteiger partial charge is 0.204 e. The Hall–Kier alpha value is -0.536. The van der Waals surface area contributed by atoms with Crippen LogP contribution >= 0.6 is 0 Å². The second-order valence-electron chi connectivity index (χ2n) is 2.43. The zero-order valence-corrected chi connectivity index (χ0v) is 8.40. The van der Waals surface area contributed by atoms with Gasteiger partial charge in [-0.15, -0.1) is 0 Å². The van der Waals surface area contributed by atoms with Gasteiger partial charge in [0.25, 0.3) is 0 Å². The van der Waals surface area contributed by atoms with Gasteiger partial charge >= 0.3 is 0 Å². The molecule has 2 aromatic rings. The number of aromatic amines is 1. The first-order valence-electron chi connectivity index (χ1n) is 3.76. The SMILES string of the molecule is [Lu].c1ccc(Nc2ncc[nH]2)cc1. The maximum absolute atomic E-state index is 4.04. The molecule has 75 valence electrons. The van der Waals surface area contributed by atoms with Gasteiger partial charge in [-0.2, -0.15) is 0 Å². The number of hydrogen-bond acceptors (Lipinski definition) is 2. The predicted octanol–water partition coefficient (Wildman–Crippen LogP) is 2.15. The summed E-state index contributed by atoms with van der Waals surface area (Å²) in [6.07, 6.45) is 3.50. The third kappa shape index (κ3) is 3.01. The van der Waals surface area contributed by atoms with Crippen molar-refractivity contribution in [3.63, 3.8) is 0 Å². The van der Waals surface area contributed by atoms with Gasteiger partial charge in [0.15, 0.2) is 0 Å². The van der Waals surface area contributed by atoms with Crippen LogP contribution < -0.4 is 5.32 Å². The Balaban J connectivity index is 0.000000845. The van der Waals surface area contributed by atoms with Crippen molar-refractivity contribution >= 4 is 11.6 Å². The first kappa shape index (κ1) is 10.5. The van der Waals surface area contributed by atoms with Gasteiger partial charge in [0.05, 0.1) is 0 Å². The average molecular weight is 334 g/mol. The molecule has 13 heavy (non-hydrogen) atoms. The Morgan fingerprint density at radius 1 is 1.15 bits per heavy atom. The van der Waals surface area contributed by atoms with Gasteiger partial charge in [0.1, 0.15) is 0 Å². The molecule has 1 heterocycles. The number of imidazole rings is 1. The van der Waals surface area contributed by atoms with E-state index >= 15 is 0 Å². The van der Waals surface area contributed by atoms with E-state index in [0.717, 1.165) is 11.6 Å². The topological polar surface area (TPSA) is 40.7 Å². The summed E-state index contributed by atoms with van der Waals surface area (Å²) in [5.41, 5.74) is 1.03. The monoisotopic (exact) mass is 334 g/mol. The van der Waals surface area contributed by atoms with Crippen LogP contribution in [-0.4, -0.2) is 9.97 Å². The van der Waals surface area contributed by atoms with Crippen LogP contribution in [0.5, 0.6) is 0 Å². The maximum atomic E-state index is 4.04. The van der Waals surface area contributed by atoms with Crippen molar-refractivity contribution < 1.29 is 36.9 Å². The zero-order valence-electron chi connectivity index (χ0n) is 6.75. The second-order valence-corrected chi connectivity index (χ2v) is 2.43. The Kier molecular flexibility index (Phi) is 4.26. The molecule has 3 nitrogen and oxygen atoms in total. The van der Waals surface area contributed by atoms with Crippen LogP contribution in [0, 0.1) is 36.9 Å². The molecule has 0 saturated heterocycles. The van der Waals surface area contributed by atoms with E-state index in [9.17, 15) is 0 Å². The van der Waals surface area contributed by atoms with Crippen LogP contribution in [0.4, 0.5) is 11.6 Å². The van der Waals surface area contributed by atoms with E-state index < -0.39 is 0 Å². The van der Waals surface area contributed by atoms with E-state index in [1.807, 2.05) is 30.3 Å². The van der Waals surface area contributed by atoms with Crippen LogP contribution in [0.1, 0.15) is 0 Å². The Morgan fingerprint density at radius 2 is 1.92 bits per heavy atom. The summed E-state index contributed by atoms with van der Waals surface area (Å²) in [6, 6.07) is 9.91. The van der Waals surface area contributed by atoms with Crippen molar-refractivity contribution in [2.45, 2.75) is 0 Å². The number of H-pyrrole nitrogens is 1. The molecule has 0 aliphatic rings. The third-order valence-electron chi connectivity index (χ3n) is 1.53. The molecule has 1 aromatic carbocycles. The fourth-order valence-corrected chi connectivity index (χ4v) is 0.992. The van der Waals surface area contributed by atoms with Gasteiger partial charge in [-0.05, 0) is 12.1 Å². The van der Waals surface area contributed by atoms with E-state index in [4.69, 9.17) is 0 Å². The number of nitrogens with one attached hydrogen (secondary N) is 2. The quantitative estimate of drug-likeness (QED) is 0.884. The summed E-state index contributed by atoms with van der Waals surface area (Å²) < 4.78 is 0. The molecule has 0 spiro atoms. The number of rotatable bonds is 2. The predicted molar refractivity (Wildman–Crippen MR) is 48.3 cm³/mol. The van der Waals surface area contributed by atoms with Crippen molar-refractivity contribution in [2.24, 2.45) is 0 Å². The fraction of sp³-hybridized carbons (Fsp3) is 0. The minimum atomic E-state index is 0. The molecule has 2 N–H and O–H groups in total. The van der Waals surface area contributed by atoms with E-state index in [1.165, 1.54) is 0 Å². The molecule has 0 atom stereocenters. The second kappa shape index (κ2) is 5.25. The minimum absolute atomic E-state index is 0. The maximum Gasteiger partial charge on any atom is 0.204 e. The van der Waals surface area contributed by atoms with Crippen molar-refractivity contribution in [2.75, 3.05) is 5.32 Å². The van der Waals surface area contributed by atoms with E-state index in [0.29, 0.717) is 0 Å². The molecule has 2 rings (SSSR count). The molecular formula is C9H9LuN3. The van der Waals surface area contributed by atoms with Crippen LogP contribution in [-0.2, 0) is 0 Å². The Labute approximate surface area is 106 Å². The molecule has 0 unspecified atom stereocenters. The first-order valence-corrected chi connectivity index (χ1v) is 3.76. The molecule has 0 amide bonds. The summed E-state index contributed by atoms with van der Waals surface area (Å²) in [4.78, 5) is 7.01. The molecule has 0 aliphatic carbocycles. The van der Waals surface area contributed by atoms with E-state index in [1.54, 1.807) is 12.4 Å². The Morgan fingerprint density at radius 3 is 2.54 bits per heavy atom. The van der Waals surface area contributed by atoms with Crippen molar-refractivity contribution in [3.05, 3.63) is 42.7 Å². The van der Waals surface area contributed by atoms with Gasteiger partial charge in [0.2, 0.25) is 5.95 Å². The van der Waals surface area contributed by atoms with Gasteiger partial charge in [-0.1, -0.05) is 18.2 Å². The third-order valence-corrected chi connectivity index (χ3v) is 1.53. The van der Waals surface area contributed by atoms with Crippen LogP contribution in [0.3, 0.4) is 0 Å². The minimum Gasteiger partial charge on any atom is -0.331 e. The summed E-state index contributed by atoms with van der Waals surface area (Å²) in [7, 11) is 0. The summed E-state index contributed by atoms with van der Waals surface area (Å²) >= 11 is 0. The standard InChI is InChI=1S/C9H9N3.Lu/c1-2-4-8(5-3-1)12-9-10-6-7-11-9;/h1-7H,(H2,10,11,12);. The molecule has 0 aliphatic heterocycles. The molecular weight excluding hydrogens is 325 g/mol. The van der Waals surface area contributed by atoms with Gasteiger partial charge in [0, 0.05) is 55.0 Å². The van der Waals surface area contributed by atoms with Crippen molar-refractivity contribution in [3.8, 4) is 0 Å². The number of para-hydroxylation sites is 1. The zero-order chi connectivity index (χ0) is 8.23. The van der Waals surface area contributed by atoms with Gasteiger partial charge < -0.3 is 10.3 Å². The van der Waals surface area contributed by atoms with Crippen LogP contribution in [0.2, 0.25) is 0 Å². The number of nitrogens with zero attached hydrogens (tertiary/aromatic N) is 1. The summed E-state index contributed by atoms with van der Waals surface area (Å²) in [5.74, 6) is 0.765. The van der Waals surface area contributed by atoms with Gasteiger partial charge in [-0.3, -0.25) is 0 Å². The molecule has 0 bridgehead atoms. The number of hydrogen-bond donors (Lipinski definition) is 2. The summed E-state index contributed by atoms with van der Waals surface area (Å²) in [5, 5.41) is 3.12. The molecule has 1 radical (unpaired) electrons. The largest absolute Gasteiger partial charge is 0.331 e. The average Bonchev–Trinajstić information content (AvgIpc) is 2.59. The summed E-state index contributed by atoms with van der Waals surface area (Å²) in [6.45, 7) is 0.